The average Bonchev–Trinajstić information content (AvgIpc) is 3.05. The van der Waals surface area contributed by atoms with Crippen LogP contribution in [-0.4, -0.2) is 33.1 Å². The number of nitro groups is 1. The van der Waals surface area contributed by atoms with Gasteiger partial charge in [0.2, 0.25) is 0 Å². The summed E-state index contributed by atoms with van der Waals surface area (Å²) in [7, 11) is 0. The zero-order chi connectivity index (χ0) is 17.7. The minimum Gasteiger partial charge on any atom is -0.396 e. The van der Waals surface area contributed by atoms with Crippen molar-refractivity contribution < 1.29 is 14.8 Å². The zero-order valence-corrected chi connectivity index (χ0v) is 14.3. The van der Waals surface area contributed by atoms with E-state index in [2.05, 4.69) is 10.3 Å². The highest BCUT2D eigenvalue weighted by Gasteiger charge is 2.25. The van der Waals surface area contributed by atoms with Gasteiger partial charge in [0.05, 0.1) is 4.92 Å². The summed E-state index contributed by atoms with van der Waals surface area (Å²) < 4.78 is 0. The van der Waals surface area contributed by atoms with Gasteiger partial charge in [-0.05, 0) is 19.8 Å². The van der Waals surface area contributed by atoms with Crippen molar-refractivity contribution in [2.24, 2.45) is 0 Å². The third-order valence-electron chi connectivity index (χ3n) is 3.90. The number of benzene rings is 1. The molecule has 1 aromatic carbocycles. The van der Waals surface area contributed by atoms with Gasteiger partial charge in [-0.1, -0.05) is 19.1 Å². The first-order valence-corrected chi connectivity index (χ1v) is 8.40. The fourth-order valence-corrected chi connectivity index (χ4v) is 2.97. The van der Waals surface area contributed by atoms with Gasteiger partial charge in [-0.15, -0.1) is 11.3 Å². The highest BCUT2D eigenvalue weighted by molar-refractivity contribution is 7.13. The number of rotatable bonds is 7. The van der Waals surface area contributed by atoms with Gasteiger partial charge in [0.15, 0.2) is 0 Å². The third kappa shape index (κ3) is 4.15. The van der Waals surface area contributed by atoms with E-state index in [-0.39, 0.29) is 23.9 Å². The highest BCUT2D eigenvalue weighted by Crippen LogP contribution is 2.27. The Hall–Kier alpha value is -2.32. The monoisotopic (exact) mass is 349 g/mol. The van der Waals surface area contributed by atoms with Crippen LogP contribution in [0.2, 0.25) is 0 Å². The second-order valence-electron chi connectivity index (χ2n) is 5.69. The van der Waals surface area contributed by atoms with Gasteiger partial charge in [0, 0.05) is 35.2 Å². The number of thiazole rings is 1. The Morgan fingerprint density at radius 3 is 2.88 bits per heavy atom. The SMILES string of the molecule is CCC(C)(CCO)NC(=O)c1csc(-c2cccc([N+](=O)[O-])c2)n1. The summed E-state index contributed by atoms with van der Waals surface area (Å²) in [6, 6.07) is 6.15. The first-order chi connectivity index (χ1) is 11.4. The van der Waals surface area contributed by atoms with Crippen LogP contribution in [0.4, 0.5) is 5.69 Å². The average molecular weight is 349 g/mol. The van der Waals surface area contributed by atoms with Crippen LogP contribution in [0.25, 0.3) is 10.6 Å². The van der Waals surface area contributed by atoms with Crippen LogP contribution in [0, 0.1) is 10.1 Å². The summed E-state index contributed by atoms with van der Waals surface area (Å²) >= 11 is 1.25. The van der Waals surface area contributed by atoms with Crippen LogP contribution >= 0.6 is 11.3 Å². The Balaban J connectivity index is 2.20. The lowest BCUT2D eigenvalue weighted by molar-refractivity contribution is -0.384. The fraction of sp³-hybridized carbons (Fsp3) is 0.375. The van der Waals surface area contributed by atoms with E-state index in [9.17, 15) is 14.9 Å². The molecule has 24 heavy (non-hydrogen) atoms. The lowest BCUT2D eigenvalue weighted by Gasteiger charge is -2.28. The maximum Gasteiger partial charge on any atom is 0.271 e. The molecule has 128 valence electrons. The van der Waals surface area contributed by atoms with E-state index < -0.39 is 10.5 Å². The molecule has 0 aliphatic heterocycles. The number of nitrogens with one attached hydrogen (secondary N) is 1. The topological polar surface area (TPSA) is 105 Å². The van der Waals surface area contributed by atoms with E-state index in [0.717, 1.165) is 0 Å². The normalized spacial score (nSPS) is 13.3. The first-order valence-electron chi connectivity index (χ1n) is 7.52. The smallest absolute Gasteiger partial charge is 0.271 e. The molecule has 1 heterocycles. The molecule has 1 atom stereocenters. The van der Waals surface area contributed by atoms with Crippen LogP contribution in [0.1, 0.15) is 37.2 Å². The predicted octanol–water partition coefficient (Wildman–Crippen LogP) is 3.00. The number of hydrogen-bond acceptors (Lipinski definition) is 6. The van der Waals surface area contributed by atoms with Gasteiger partial charge >= 0.3 is 0 Å². The van der Waals surface area contributed by atoms with Gasteiger partial charge in [-0.25, -0.2) is 4.98 Å². The molecule has 1 amide bonds. The molecule has 2 rings (SSSR count). The molecule has 1 aromatic heterocycles. The fourth-order valence-electron chi connectivity index (χ4n) is 2.18. The number of amides is 1. The maximum absolute atomic E-state index is 12.4. The Morgan fingerprint density at radius 2 is 2.25 bits per heavy atom. The van der Waals surface area contributed by atoms with Crippen molar-refractivity contribution in [3.63, 3.8) is 0 Å². The van der Waals surface area contributed by atoms with Crippen LogP contribution in [0.5, 0.6) is 0 Å². The standard InChI is InChI=1S/C16H19N3O4S/c1-3-16(2,7-8-20)18-14(21)13-10-24-15(17-13)11-5-4-6-12(9-11)19(22)23/h4-6,9-10,20H,3,7-8H2,1-2H3,(H,18,21). The number of nitro benzene ring substituents is 1. The summed E-state index contributed by atoms with van der Waals surface area (Å²) in [5.74, 6) is -0.319. The lowest BCUT2D eigenvalue weighted by Crippen LogP contribution is -2.46. The Labute approximate surface area is 143 Å². The van der Waals surface area contributed by atoms with Gasteiger partial charge in [-0.3, -0.25) is 14.9 Å². The van der Waals surface area contributed by atoms with E-state index in [1.54, 1.807) is 17.5 Å². The third-order valence-corrected chi connectivity index (χ3v) is 4.79. The van der Waals surface area contributed by atoms with Crippen molar-refractivity contribution in [3.05, 3.63) is 45.5 Å². The van der Waals surface area contributed by atoms with Crippen LogP contribution in [0.3, 0.4) is 0 Å². The lowest BCUT2D eigenvalue weighted by atomic mass is 9.95. The van der Waals surface area contributed by atoms with Gasteiger partial charge in [-0.2, -0.15) is 0 Å². The maximum atomic E-state index is 12.4. The van der Waals surface area contributed by atoms with Gasteiger partial charge < -0.3 is 10.4 Å². The molecule has 0 fully saturated rings. The zero-order valence-electron chi connectivity index (χ0n) is 13.5. The van der Waals surface area contributed by atoms with E-state index >= 15 is 0 Å². The molecular formula is C16H19N3O4S. The minimum absolute atomic E-state index is 0.0133. The molecule has 8 heteroatoms. The van der Waals surface area contributed by atoms with E-state index in [4.69, 9.17) is 5.11 Å². The highest BCUT2D eigenvalue weighted by atomic mass is 32.1. The number of aromatic nitrogens is 1. The van der Waals surface area contributed by atoms with Crippen molar-refractivity contribution in [2.45, 2.75) is 32.2 Å². The van der Waals surface area contributed by atoms with Gasteiger partial charge in [0.1, 0.15) is 10.7 Å². The number of aliphatic hydroxyl groups is 1. The molecule has 0 spiro atoms. The molecule has 0 saturated carbocycles. The van der Waals surface area contributed by atoms with E-state index in [1.807, 2.05) is 13.8 Å². The summed E-state index contributed by atoms with van der Waals surface area (Å²) in [4.78, 5) is 27.0. The summed E-state index contributed by atoms with van der Waals surface area (Å²) in [6.45, 7) is 3.79. The van der Waals surface area contributed by atoms with Crippen LogP contribution in [-0.2, 0) is 0 Å². The molecule has 0 aliphatic carbocycles. The van der Waals surface area contributed by atoms with Crippen molar-refractivity contribution in [3.8, 4) is 10.6 Å². The summed E-state index contributed by atoms with van der Waals surface area (Å²) in [6.07, 6.45) is 1.14. The molecular weight excluding hydrogens is 330 g/mol. The quantitative estimate of drug-likeness (QED) is 0.590. The predicted molar refractivity (Wildman–Crippen MR) is 92.1 cm³/mol. The minimum atomic E-state index is -0.499. The second-order valence-corrected chi connectivity index (χ2v) is 6.55. The molecule has 0 saturated heterocycles. The molecule has 0 bridgehead atoms. The van der Waals surface area contributed by atoms with Crippen LogP contribution in [0.15, 0.2) is 29.6 Å². The second kappa shape index (κ2) is 7.50. The van der Waals surface area contributed by atoms with Crippen molar-refractivity contribution >= 4 is 22.9 Å². The number of carbonyl (C=O) groups excluding carboxylic acids is 1. The number of carbonyl (C=O) groups is 1. The molecule has 2 aromatic rings. The molecule has 0 radical (unpaired) electrons. The van der Waals surface area contributed by atoms with Gasteiger partial charge in [0.25, 0.3) is 11.6 Å². The molecule has 1 unspecified atom stereocenters. The Kier molecular flexibility index (Phi) is 5.63. The van der Waals surface area contributed by atoms with E-state index in [0.29, 0.717) is 23.4 Å². The Morgan fingerprint density at radius 1 is 1.50 bits per heavy atom. The largest absolute Gasteiger partial charge is 0.396 e. The molecule has 7 nitrogen and oxygen atoms in total. The first kappa shape index (κ1) is 18.0. The summed E-state index contributed by atoms with van der Waals surface area (Å²) in [5, 5.41) is 25.0. The molecule has 2 N–H and O–H groups in total. The Bertz CT molecular complexity index is 746. The van der Waals surface area contributed by atoms with Crippen molar-refractivity contribution in [2.75, 3.05) is 6.61 Å². The van der Waals surface area contributed by atoms with Crippen molar-refractivity contribution in [1.29, 1.82) is 0 Å². The number of non-ortho nitro benzene ring substituents is 1. The summed E-state index contributed by atoms with van der Waals surface area (Å²) in [5.41, 5.74) is 0.345. The van der Waals surface area contributed by atoms with E-state index in [1.165, 1.54) is 23.5 Å². The number of aliphatic hydroxyl groups excluding tert-OH is 1. The number of nitrogens with zero attached hydrogens (tertiary/aromatic N) is 2. The molecule has 0 aliphatic rings. The number of hydrogen-bond donors (Lipinski definition) is 2. The van der Waals surface area contributed by atoms with Crippen molar-refractivity contribution in [1.82, 2.24) is 10.3 Å². The van der Waals surface area contributed by atoms with Crippen LogP contribution < -0.4 is 5.32 Å².